The number of hydrogen-bond donors (Lipinski definition) is 1. The van der Waals surface area contributed by atoms with E-state index in [2.05, 4.69) is 10.2 Å². The molecule has 1 aromatic rings. The first-order chi connectivity index (χ1) is 11.7. The minimum absolute atomic E-state index is 0.202. The molecule has 24 heavy (non-hydrogen) atoms. The van der Waals surface area contributed by atoms with E-state index in [1.165, 1.54) is 12.1 Å². The lowest BCUT2D eigenvalue weighted by atomic mass is 10.2. The summed E-state index contributed by atoms with van der Waals surface area (Å²) in [6.07, 6.45) is 3.11. The van der Waals surface area contributed by atoms with Crippen LogP contribution in [0.1, 0.15) is 19.3 Å². The van der Waals surface area contributed by atoms with Crippen molar-refractivity contribution >= 4 is 11.6 Å². The molecule has 2 aliphatic heterocycles. The number of nitrogens with zero attached hydrogens (tertiary/aromatic N) is 2. The van der Waals surface area contributed by atoms with Gasteiger partial charge in [0.15, 0.2) is 0 Å². The number of nitrogens with one attached hydrogen (secondary N) is 1. The molecule has 1 atom stereocenters. The van der Waals surface area contributed by atoms with Gasteiger partial charge in [-0.3, -0.25) is 4.79 Å². The van der Waals surface area contributed by atoms with Crippen LogP contribution in [0.2, 0.25) is 0 Å². The molecule has 2 aliphatic rings. The molecular formula is C18H26FN3O2. The lowest BCUT2D eigenvalue weighted by molar-refractivity contribution is -0.131. The smallest absolute Gasteiger partial charge is 0.223 e. The van der Waals surface area contributed by atoms with Crippen LogP contribution in [0.15, 0.2) is 24.3 Å². The maximum atomic E-state index is 13.0. The van der Waals surface area contributed by atoms with Gasteiger partial charge in [0.2, 0.25) is 5.91 Å². The number of carbonyl (C=O) groups excluding carboxylic acids is 1. The molecule has 0 radical (unpaired) electrons. The number of benzene rings is 1. The van der Waals surface area contributed by atoms with Crippen molar-refractivity contribution in [2.75, 3.05) is 50.8 Å². The molecule has 132 valence electrons. The first kappa shape index (κ1) is 17.2. The largest absolute Gasteiger partial charge is 0.377 e. The Bertz CT molecular complexity index is 524. The Morgan fingerprint density at radius 1 is 1.21 bits per heavy atom. The third kappa shape index (κ3) is 4.68. The fourth-order valence-corrected chi connectivity index (χ4v) is 3.29. The lowest BCUT2D eigenvalue weighted by Gasteiger charge is -2.36. The minimum atomic E-state index is -0.219. The summed E-state index contributed by atoms with van der Waals surface area (Å²) < 4.78 is 18.5. The summed E-state index contributed by atoms with van der Waals surface area (Å²) in [7, 11) is 0. The van der Waals surface area contributed by atoms with Crippen LogP contribution < -0.4 is 10.2 Å². The molecule has 5 nitrogen and oxygen atoms in total. The van der Waals surface area contributed by atoms with Crippen molar-refractivity contribution in [3.05, 3.63) is 30.1 Å². The summed E-state index contributed by atoms with van der Waals surface area (Å²) in [5.74, 6) is -0.0170. The van der Waals surface area contributed by atoms with Gasteiger partial charge in [-0.25, -0.2) is 4.39 Å². The topological polar surface area (TPSA) is 44.8 Å². The van der Waals surface area contributed by atoms with E-state index < -0.39 is 0 Å². The number of hydrogen-bond acceptors (Lipinski definition) is 4. The Balaban J connectivity index is 1.34. The van der Waals surface area contributed by atoms with Gasteiger partial charge in [-0.15, -0.1) is 0 Å². The van der Waals surface area contributed by atoms with E-state index >= 15 is 0 Å². The fraction of sp³-hybridized carbons (Fsp3) is 0.611. The van der Waals surface area contributed by atoms with E-state index in [-0.39, 0.29) is 11.7 Å². The molecule has 6 heteroatoms. The second kappa shape index (κ2) is 8.44. The minimum Gasteiger partial charge on any atom is -0.377 e. The monoisotopic (exact) mass is 335 g/mol. The SMILES string of the molecule is O=C(CCNCC1CCCO1)N1CCN(c2ccc(F)cc2)CC1. The van der Waals surface area contributed by atoms with Gasteiger partial charge < -0.3 is 19.9 Å². The molecule has 0 bridgehead atoms. The van der Waals surface area contributed by atoms with Gasteiger partial charge in [-0.1, -0.05) is 0 Å². The zero-order valence-corrected chi connectivity index (χ0v) is 14.0. The van der Waals surface area contributed by atoms with Crippen LogP contribution in [0.5, 0.6) is 0 Å². The third-order valence-electron chi connectivity index (χ3n) is 4.74. The van der Waals surface area contributed by atoms with E-state index in [1.807, 2.05) is 4.90 Å². The molecule has 0 spiro atoms. The van der Waals surface area contributed by atoms with E-state index in [9.17, 15) is 9.18 Å². The summed E-state index contributed by atoms with van der Waals surface area (Å²) in [5, 5.41) is 3.32. The highest BCUT2D eigenvalue weighted by molar-refractivity contribution is 5.76. The van der Waals surface area contributed by atoms with Gasteiger partial charge in [0.05, 0.1) is 6.10 Å². The standard InChI is InChI=1S/C18H26FN3O2/c19-15-3-5-16(6-4-15)21-9-11-22(12-10-21)18(23)7-8-20-14-17-2-1-13-24-17/h3-6,17,20H,1-2,7-14H2. The van der Waals surface area contributed by atoms with Crippen LogP contribution in [0.25, 0.3) is 0 Å². The van der Waals surface area contributed by atoms with Crippen molar-refractivity contribution in [1.29, 1.82) is 0 Å². The quantitative estimate of drug-likeness (QED) is 0.803. The lowest BCUT2D eigenvalue weighted by Crippen LogP contribution is -2.49. The molecular weight excluding hydrogens is 309 g/mol. The molecule has 1 N–H and O–H groups in total. The van der Waals surface area contributed by atoms with Crippen molar-refractivity contribution < 1.29 is 13.9 Å². The van der Waals surface area contributed by atoms with Crippen LogP contribution in [-0.2, 0) is 9.53 Å². The highest BCUT2D eigenvalue weighted by Gasteiger charge is 2.21. The average molecular weight is 335 g/mol. The van der Waals surface area contributed by atoms with Crippen LogP contribution in [0.4, 0.5) is 10.1 Å². The first-order valence-corrected chi connectivity index (χ1v) is 8.83. The Kier molecular flexibility index (Phi) is 6.04. The zero-order chi connectivity index (χ0) is 16.8. The average Bonchev–Trinajstić information content (AvgIpc) is 3.13. The van der Waals surface area contributed by atoms with Gasteiger partial charge >= 0.3 is 0 Å². The van der Waals surface area contributed by atoms with Crippen molar-refractivity contribution in [3.8, 4) is 0 Å². The molecule has 3 rings (SSSR count). The maximum Gasteiger partial charge on any atom is 0.223 e. The van der Waals surface area contributed by atoms with Crippen LogP contribution >= 0.6 is 0 Å². The summed E-state index contributed by atoms with van der Waals surface area (Å²) >= 11 is 0. The Morgan fingerprint density at radius 3 is 2.62 bits per heavy atom. The van der Waals surface area contributed by atoms with Gasteiger partial charge in [0.1, 0.15) is 5.82 Å². The molecule has 1 aromatic carbocycles. The first-order valence-electron chi connectivity index (χ1n) is 8.83. The van der Waals surface area contributed by atoms with Crippen molar-refractivity contribution in [3.63, 3.8) is 0 Å². The summed E-state index contributed by atoms with van der Waals surface area (Å²) in [6.45, 7) is 5.44. The number of anilines is 1. The molecule has 0 aliphatic carbocycles. The Morgan fingerprint density at radius 2 is 1.96 bits per heavy atom. The molecule has 1 amide bonds. The van der Waals surface area contributed by atoms with Crippen molar-refractivity contribution in [1.82, 2.24) is 10.2 Å². The number of amides is 1. The number of carbonyl (C=O) groups is 1. The van der Waals surface area contributed by atoms with Crippen molar-refractivity contribution in [2.24, 2.45) is 0 Å². The normalized spacial score (nSPS) is 21.3. The highest BCUT2D eigenvalue weighted by atomic mass is 19.1. The summed E-state index contributed by atoms with van der Waals surface area (Å²) in [4.78, 5) is 16.4. The predicted molar refractivity (Wildman–Crippen MR) is 91.7 cm³/mol. The van der Waals surface area contributed by atoms with E-state index in [1.54, 1.807) is 12.1 Å². The summed E-state index contributed by atoms with van der Waals surface area (Å²) in [5.41, 5.74) is 1.02. The van der Waals surface area contributed by atoms with Crippen molar-refractivity contribution in [2.45, 2.75) is 25.4 Å². The fourth-order valence-electron chi connectivity index (χ4n) is 3.29. The van der Waals surface area contributed by atoms with Gasteiger partial charge in [-0.2, -0.15) is 0 Å². The molecule has 2 saturated heterocycles. The second-order valence-corrected chi connectivity index (χ2v) is 6.43. The molecule has 2 fully saturated rings. The Hall–Kier alpha value is -1.66. The Labute approximate surface area is 142 Å². The van der Waals surface area contributed by atoms with Gasteiger partial charge in [0.25, 0.3) is 0 Å². The molecule has 0 aromatic heterocycles. The van der Waals surface area contributed by atoms with Crippen LogP contribution in [-0.4, -0.2) is 62.8 Å². The molecule has 2 heterocycles. The summed E-state index contributed by atoms with van der Waals surface area (Å²) in [6, 6.07) is 6.54. The predicted octanol–water partition coefficient (Wildman–Crippen LogP) is 1.63. The highest BCUT2D eigenvalue weighted by Crippen LogP contribution is 2.17. The van der Waals surface area contributed by atoms with Crippen LogP contribution in [0, 0.1) is 5.82 Å². The number of piperazine rings is 1. The van der Waals surface area contributed by atoms with Gasteiger partial charge in [-0.05, 0) is 37.1 Å². The van der Waals surface area contributed by atoms with E-state index in [0.29, 0.717) is 19.1 Å². The van der Waals surface area contributed by atoms with Gasteiger partial charge in [0, 0.05) is 58.0 Å². The second-order valence-electron chi connectivity index (χ2n) is 6.43. The number of halogens is 1. The maximum absolute atomic E-state index is 13.0. The van der Waals surface area contributed by atoms with E-state index in [0.717, 1.165) is 57.9 Å². The number of rotatable bonds is 6. The zero-order valence-electron chi connectivity index (χ0n) is 14.0. The molecule has 1 unspecified atom stereocenters. The van der Waals surface area contributed by atoms with Crippen LogP contribution in [0.3, 0.4) is 0 Å². The van der Waals surface area contributed by atoms with E-state index in [4.69, 9.17) is 4.74 Å². The third-order valence-corrected chi connectivity index (χ3v) is 4.74. The number of ether oxygens (including phenoxy) is 1. The molecule has 0 saturated carbocycles.